The summed E-state index contributed by atoms with van der Waals surface area (Å²) in [7, 11) is 0. The minimum Gasteiger partial charge on any atom is -0.375 e. The number of aromatic nitrogens is 2. The molecule has 2 rings (SSSR count). The molecule has 1 unspecified atom stereocenters. The molecule has 2 N–H and O–H groups in total. The molecule has 0 aromatic carbocycles. The third-order valence-corrected chi connectivity index (χ3v) is 2.24. The van der Waals surface area contributed by atoms with Crippen molar-refractivity contribution in [3.05, 3.63) is 17.7 Å². The van der Waals surface area contributed by atoms with E-state index in [1.807, 2.05) is 13.3 Å². The molecule has 0 fully saturated rings. The van der Waals surface area contributed by atoms with Crippen LogP contribution < -0.4 is 5.73 Å². The maximum atomic E-state index is 5.73. The van der Waals surface area contributed by atoms with Gasteiger partial charge in [-0.3, -0.25) is 0 Å². The Kier molecular flexibility index (Phi) is 2.33. The number of hydrogen-bond donors (Lipinski definition) is 1. The van der Waals surface area contributed by atoms with E-state index in [4.69, 9.17) is 10.5 Å². The van der Waals surface area contributed by atoms with Crippen LogP contribution in [0.5, 0.6) is 0 Å². The van der Waals surface area contributed by atoms with Crippen molar-refractivity contribution in [1.82, 2.24) is 9.55 Å². The molecule has 1 aromatic heterocycles. The number of nitrogens with two attached hydrogens (primary N) is 1. The van der Waals surface area contributed by atoms with Crippen LogP contribution in [0.25, 0.3) is 0 Å². The van der Waals surface area contributed by atoms with Gasteiger partial charge >= 0.3 is 0 Å². The smallest absolute Gasteiger partial charge is 0.0952 e. The largest absolute Gasteiger partial charge is 0.375 e. The van der Waals surface area contributed by atoms with Gasteiger partial charge in [0.2, 0.25) is 0 Å². The van der Waals surface area contributed by atoms with E-state index < -0.39 is 0 Å². The molecule has 1 atom stereocenters. The van der Waals surface area contributed by atoms with Crippen LogP contribution in [-0.2, 0) is 24.3 Å². The van der Waals surface area contributed by atoms with Crippen LogP contribution in [0.3, 0.4) is 0 Å². The predicted molar refractivity (Wildman–Crippen MR) is 49.2 cm³/mol. The van der Waals surface area contributed by atoms with Crippen molar-refractivity contribution in [2.75, 3.05) is 6.61 Å². The first-order valence-corrected chi connectivity index (χ1v) is 4.63. The Labute approximate surface area is 77.7 Å². The zero-order chi connectivity index (χ0) is 9.26. The van der Waals surface area contributed by atoms with Gasteiger partial charge in [-0.05, 0) is 6.92 Å². The molecule has 0 saturated carbocycles. The third-order valence-electron chi connectivity index (χ3n) is 2.24. The number of fused-ring (bicyclic) bond motifs is 1. The van der Waals surface area contributed by atoms with Crippen LogP contribution in [0.4, 0.5) is 0 Å². The second kappa shape index (κ2) is 3.47. The van der Waals surface area contributed by atoms with Crippen molar-refractivity contribution in [2.45, 2.75) is 32.5 Å². The van der Waals surface area contributed by atoms with Crippen LogP contribution in [0.1, 0.15) is 18.3 Å². The molecule has 4 nitrogen and oxygen atoms in total. The van der Waals surface area contributed by atoms with E-state index in [1.54, 1.807) is 0 Å². The first-order chi connectivity index (χ1) is 6.27. The molecule has 13 heavy (non-hydrogen) atoms. The second-order valence-corrected chi connectivity index (χ2v) is 3.57. The summed E-state index contributed by atoms with van der Waals surface area (Å²) in [5.74, 6) is 0. The van der Waals surface area contributed by atoms with Gasteiger partial charge in [-0.2, -0.15) is 0 Å². The van der Waals surface area contributed by atoms with Gasteiger partial charge in [-0.1, -0.05) is 0 Å². The summed E-state index contributed by atoms with van der Waals surface area (Å²) >= 11 is 0. The highest BCUT2D eigenvalue weighted by Crippen LogP contribution is 2.15. The van der Waals surface area contributed by atoms with Crippen LogP contribution in [0.15, 0.2) is 6.33 Å². The minimum absolute atomic E-state index is 0.167. The highest BCUT2D eigenvalue weighted by Gasteiger charge is 2.15. The Hall–Kier alpha value is -0.870. The SMILES string of the molecule is CC(N)Cn1cnc2c1COCC2. The van der Waals surface area contributed by atoms with E-state index in [-0.39, 0.29) is 6.04 Å². The fourth-order valence-corrected chi connectivity index (χ4v) is 1.63. The maximum Gasteiger partial charge on any atom is 0.0952 e. The molecule has 0 saturated heterocycles. The van der Waals surface area contributed by atoms with E-state index in [1.165, 1.54) is 11.4 Å². The summed E-state index contributed by atoms with van der Waals surface area (Å²) in [5, 5.41) is 0. The fourth-order valence-electron chi connectivity index (χ4n) is 1.63. The Morgan fingerprint density at radius 1 is 1.77 bits per heavy atom. The summed E-state index contributed by atoms with van der Waals surface area (Å²) in [5.41, 5.74) is 8.10. The van der Waals surface area contributed by atoms with E-state index in [0.29, 0.717) is 6.61 Å². The second-order valence-electron chi connectivity index (χ2n) is 3.57. The summed E-state index contributed by atoms with van der Waals surface area (Å²) in [6.45, 7) is 4.30. The lowest BCUT2D eigenvalue weighted by molar-refractivity contribution is 0.104. The van der Waals surface area contributed by atoms with Crippen molar-refractivity contribution in [3.8, 4) is 0 Å². The van der Waals surface area contributed by atoms with E-state index in [2.05, 4.69) is 9.55 Å². The zero-order valence-electron chi connectivity index (χ0n) is 7.86. The minimum atomic E-state index is 0.167. The van der Waals surface area contributed by atoms with Crippen molar-refractivity contribution in [1.29, 1.82) is 0 Å². The van der Waals surface area contributed by atoms with Crippen molar-refractivity contribution >= 4 is 0 Å². The quantitative estimate of drug-likeness (QED) is 0.714. The molecular weight excluding hydrogens is 166 g/mol. The van der Waals surface area contributed by atoms with E-state index in [9.17, 15) is 0 Å². The highest BCUT2D eigenvalue weighted by molar-refractivity contribution is 5.14. The molecule has 0 radical (unpaired) electrons. The van der Waals surface area contributed by atoms with E-state index in [0.717, 1.165) is 19.6 Å². The Bertz CT molecular complexity index is 293. The lowest BCUT2D eigenvalue weighted by Gasteiger charge is -2.15. The van der Waals surface area contributed by atoms with E-state index >= 15 is 0 Å². The average molecular weight is 181 g/mol. The van der Waals surface area contributed by atoms with Gasteiger partial charge in [-0.15, -0.1) is 0 Å². The Morgan fingerprint density at radius 2 is 2.62 bits per heavy atom. The van der Waals surface area contributed by atoms with Crippen molar-refractivity contribution in [3.63, 3.8) is 0 Å². The molecule has 72 valence electrons. The van der Waals surface area contributed by atoms with Crippen LogP contribution in [0.2, 0.25) is 0 Å². The standard InChI is InChI=1S/C9H15N3O/c1-7(10)4-12-6-11-8-2-3-13-5-9(8)12/h6-7H,2-5,10H2,1H3. The normalized spacial score (nSPS) is 18.3. The number of rotatable bonds is 2. The van der Waals surface area contributed by atoms with Gasteiger partial charge in [0.1, 0.15) is 0 Å². The number of hydrogen-bond acceptors (Lipinski definition) is 3. The summed E-state index contributed by atoms with van der Waals surface area (Å²) < 4.78 is 7.47. The van der Waals surface area contributed by atoms with Crippen LogP contribution in [0, 0.1) is 0 Å². The first kappa shape index (κ1) is 8.72. The third kappa shape index (κ3) is 1.73. The van der Waals surface area contributed by atoms with Gasteiger partial charge in [-0.25, -0.2) is 4.98 Å². The van der Waals surface area contributed by atoms with Crippen LogP contribution >= 0.6 is 0 Å². The van der Waals surface area contributed by atoms with Crippen molar-refractivity contribution < 1.29 is 4.74 Å². The van der Waals surface area contributed by atoms with Crippen LogP contribution in [-0.4, -0.2) is 22.2 Å². The summed E-state index contributed by atoms with van der Waals surface area (Å²) in [6.07, 6.45) is 2.80. The maximum absolute atomic E-state index is 5.73. The van der Waals surface area contributed by atoms with Gasteiger partial charge in [0.05, 0.1) is 30.9 Å². The predicted octanol–water partition coefficient (Wildman–Crippen LogP) is 0.303. The molecule has 0 spiro atoms. The van der Waals surface area contributed by atoms with Gasteiger partial charge in [0.25, 0.3) is 0 Å². The highest BCUT2D eigenvalue weighted by atomic mass is 16.5. The number of imidazole rings is 1. The molecule has 0 aliphatic carbocycles. The molecule has 2 heterocycles. The molecular formula is C9H15N3O. The molecule has 4 heteroatoms. The van der Waals surface area contributed by atoms with Gasteiger partial charge in [0.15, 0.2) is 0 Å². The Balaban J connectivity index is 2.21. The zero-order valence-corrected chi connectivity index (χ0v) is 7.86. The first-order valence-electron chi connectivity index (χ1n) is 4.63. The summed E-state index contributed by atoms with van der Waals surface area (Å²) in [4.78, 5) is 4.34. The van der Waals surface area contributed by atoms with Crippen molar-refractivity contribution in [2.24, 2.45) is 5.73 Å². The lowest BCUT2D eigenvalue weighted by Crippen LogP contribution is -2.24. The molecule has 1 aliphatic heterocycles. The lowest BCUT2D eigenvalue weighted by atomic mass is 10.2. The molecule has 1 aliphatic rings. The Morgan fingerprint density at radius 3 is 3.38 bits per heavy atom. The molecule has 0 amide bonds. The molecule has 0 bridgehead atoms. The molecule has 1 aromatic rings. The van der Waals surface area contributed by atoms with Gasteiger partial charge in [0, 0.05) is 19.0 Å². The average Bonchev–Trinajstić information content (AvgIpc) is 2.48. The summed E-state index contributed by atoms with van der Waals surface area (Å²) in [6, 6.07) is 0.167. The van der Waals surface area contributed by atoms with Gasteiger partial charge < -0.3 is 15.0 Å². The fraction of sp³-hybridized carbons (Fsp3) is 0.667. The topological polar surface area (TPSA) is 53.1 Å². The monoisotopic (exact) mass is 181 g/mol. The number of nitrogens with zero attached hydrogens (tertiary/aromatic N) is 2. The number of ether oxygens (including phenoxy) is 1.